The van der Waals surface area contributed by atoms with Gasteiger partial charge in [-0.25, -0.2) is 0 Å². The molecule has 5 nitrogen and oxygen atoms in total. The molecular formula is C60H41N3O2. The fraction of sp³-hybridized carbons (Fsp3) is 0. The zero-order chi connectivity index (χ0) is 43.1. The summed E-state index contributed by atoms with van der Waals surface area (Å²) < 4.78 is 13.4. The second kappa shape index (κ2) is 16.2. The van der Waals surface area contributed by atoms with Crippen LogP contribution in [0.2, 0.25) is 0 Å². The molecule has 0 aliphatic carbocycles. The third kappa shape index (κ3) is 6.83. The first-order chi connectivity index (χ1) is 32.2. The molecule has 308 valence electrons. The summed E-state index contributed by atoms with van der Waals surface area (Å²) in [5, 5.41) is 4.35. The third-order valence-corrected chi connectivity index (χ3v) is 12.2. The van der Waals surface area contributed by atoms with Crippen molar-refractivity contribution in [1.29, 1.82) is 0 Å². The van der Waals surface area contributed by atoms with Crippen LogP contribution in [-0.2, 0) is 0 Å². The highest BCUT2D eigenvalue weighted by Crippen LogP contribution is 2.48. The van der Waals surface area contributed by atoms with Gasteiger partial charge in [0, 0.05) is 55.5 Å². The molecule has 0 amide bonds. The van der Waals surface area contributed by atoms with Crippen LogP contribution in [0.5, 0.6) is 0 Å². The molecule has 10 aromatic carbocycles. The first-order valence-electron chi connectivity index (χ1n) is 21.9. The van der Waals surface area contributed by atoms with Crippen molar-refractivity contribution < 1.29 is 8.83 Å². The van der Waals surface area contributed by atoms with Crippen molar-refractivity contribution in [2.45, 2.75) is 0 Å². The highest BCUT2D eigenvalue weighted by atomic mass is 16.3. The van der Waals surface area contributed by atoms with E-state index in [9.17, 15) is 0 Å². The quantitative estimate of drug-likeness (QED) is 0.137. The number of fused-ring (bicyclic) bond motifs is 6. The number of hydrogen-bond acceptors (Lipinski definition) is 5. The van der Waals surface area contributed by atoms with Gasteiger partial charge in [-0.3, -0.25) is 0 Å². The maximum atomic E-state index is 6.84. The minimum Gasteiger partial charge on any atom is -0.455 e. The number of nitrogens with zero attached hydrogens (tertiary/aromatic N) is 3. The van der Waals surface area contributed by atoms with Crippen molar-refractivity contribution in [3.63, 3.8) is 0 Å². The number of para-hydroxylation sites is 8. The van der Waals surface area contributed by atoms with Crippen LogP contribution in [0.4, 0.5) is 51.2 Å². The first-order valence-corrected chi connectivity index (χ1v) is 21.9. The Morgan fingerprint density at radius 3 is 1.11 bits per heavy atom. The number of furan rings is 2. The molecule has 0 atom stereocenters. The van der Waals surface area contributed by atoms with Gasteiger partial charge in [0.25, 0.3) is 0 Å². The van der Waals surface area contributed by atoms with Crippen molar-refractivity contribution in [2.75, 3.05) is 14.7 Å². The van der Waals surface area contributed by atoms with Crippen molar-refractivity contribution in [3.05, 3.63) is 249 Å². The average Bonchev–Trinajstić information content (AvgIpc) is 3.95. The van der Waals surface area contributed by atoms with E-state index in [4.69, 9.17) is 8.83 Å². The second-order valence-corrected chi connectivity index (χ2v) is 16.1. The minimum absolute atomic E-state index is 0.808. The molecule has 0 unspecified atom stereocenters. The van der Waals surface area contributed by atoms with E-state index in [0.717, 1.165) is 106 Å². The van der Waals surface area contributed by atoms with Crippen molar-refractivity contribution in [3.8, 4) is 11.1 Å². The van der Waals surface area contributed by atoms with Crippen LogP contribution in [-0.4, -0.2) is 0 Å². The van der Waals surface area contributed by atoms with E-state index >= 15 is 0 Å². The number of anilines is 9. The second-order valence-electron chi connectivity index (χ2n) is 16.1. The summed E-state index contributed by atoms with van der Waals surface area (Å²) in [4.78, 5) is 7.00. The Labute approximate surface area is 376 Å². The Morgan fingerprint density at radius 1 is 0.246 bits per heavy atom. The molecule has 0 bridgehead atoms. The van der Waals surface area contributed by atoms with Gasteiger partial charge in [-0.05, 0) is 103 Å². The summed E-state index contributed by atoms with van der Waals surface area (Å²) in [6.45, 7) is 0. The smallest absolute Gasteiger partial charge is 0.159 e. The minimum atomic E-state index is 0.808. The molecule has 0 saturated carbocycles. The number of hydrogen-bond donors (Lipinski definition) is 0. The summed E-state index contributed by atoms with van der Waals surface area (Å²) in [6.07, 6.45) is 0. The van der Waals surface area contributed by atoms with E-state index < -0.39 is 0 Å². The fourth-order valence-electron chi connectivity index (χ4n) is 9.27. The molecule has 0 N–H and O–H groups in total. The normalized spacial score (nSPS) is 11.4. The fourth-order valence-corrected chi connectivity index (χ4v) is 9.27. The molecule has 65 heavy (non-hydrogen) atoms. The summed E-state index contributed by atoms with van der Waals surface area (Å²) in [5.41, 5.74) is 14.5. The molecular weight excluding hydrogens is 795 g/mol. The SMILES string of the molecule is c1ccc(N(c2ccccc2)c2cc(N(c3ccccc3)c3ccccc3)cc(N(c3ccc(-c4cccc5c4oc4ccccc45)cc3)c3cccc4c3oc3ccccc34)c2)cc1. The topological polar surface area (TPSA) is 36.0 Å². The summed E-state index contributed by atoms with van der Waals surface area (Å²) in [7, 11) is 0. The Bertz CT molecular complexity index is 3420. The highest BCUT2D eigenvalue weighted by molar-refractivity contribution is 6.11. The molecule has 2 heterocycles. The molecule has 0 aliphatic rings. The molecule has 0 aliphatic heterocycles. The average molecular weight is 836 g/mol. The van der Waals surface area contributed by atoms with Crippen LogP contribution in [0.15, 0.2) is 258 Å². The maximum absolute atomic E-state index is 6.84. The Balaban J connectivity index is 1.12. The molecule has 0 spiro atoms. The monoisotopic (exact) mass is 835 g/mol. The lowest BCUT2D eigenvalue weighted by molar-refractivity contribution is 0.669. The predicted molar refractivity (Wildman–Crippen MR) is 270 cm³/mol. The van der Waals surface area contributed by atoms with E-state index in [2.05, 4.69) is 239 Å². The molecule has 12 aromatic rings. The third-order valence-electron chi connectivity index (χ3n) is 12.2. The van der Waals surface area contributed by atoms with E-state index in [1.165, 1.54) is 0 Å². The summed E-state index contributed by atoms with van der Waals surface area (Å²) in [6, 6.07) is 87.4. The molecule has 0 saturated heterocycles. The number of rotatable bonds is 10. The Kier molecular flexibility index (Phi) is 9.42. The van der Waals surface area contributed by atoms with Gasteiger partial charge in [0.1, 0.15) is 16.7 Å². The largest absolute Gasteiger partial charge is 0.455 e. The van der Waals surface area contributed by atoms with Crippen molar-refractivity contribution in [2.24, 2.45) is 0 Å². The number of benzene rings is 10. The molecule has 5 heteroatoms. The van der Waals surface area contributed by atoms with E-state index in [0.29, 0.717) is 0 Å². The summed E-state index contributed by atoms with van der Waals surface area (Å²) in [5.74, 6) is 0. The van der Waals surface area contributed by atoms with Crippen LogP contribution in [0.25, 0.3) is 55.0 Å². The zero-order valence-corrected chi connectivity index (χ0v) is 35.3. The van der Waals surface area contributed by atoms with Crippen molar-refractivity contribution >= 4 is 95.1 Å². The van der Waals surface area contributed by atoms with Gasteiger partial charge in [0.2, 0.25) is 0 Å². The lowest BCUT2D eigenvalue weighted by Crippen LogP contribution is -2.16. The first kappa shape index (κ1) is 37.9. The lowest BCUT2D eigenvalue weighted by atomic mass is 10.0. The molecule has 12 rings (SSSR count). The molecule has 2 aromatic heterocycles. The Morgan fingerprint density at radius 2 is 0.615 bits per heavy atom. The van der Waals surface area contributed by atoms with Crippen LogP contribution in [0.1, 0.15) is 0 Å². The lowest BCUT2D eigenvalue weighted by Gasteiger charge is -2.33. The highest BCUT2D eigenvalue weighted by Gasteiger charge is 2.25. The van der Waals surface area contributed by atoms with Crippen molar-refractivity contribution in [1.82, 2.24) is 0 Å². The molecule has 0 radical (unpaired) electrons. The van der Waals surface area contributed by atoms with Gasteiger partial charge in [0.05, 0.1) is 22.7 Å². The van der Waals surface area contributed by atoms with Gasteiger partial charge < -0.3 is 23.5 Å². The van der Waals surface area contributed by atoms with Gasteiger partial charge in [0.15, 0.2) is 5.58 Å². The van der Waals surface area contributed by atoms with Gasteiger partial charge in [-0.1, -0.05) is 152 Å². The Hall–Kier alpha value is -8.80. The van der Waals surface area contributed by atoms with Crippen LogP contribution in [0, 0.1) is 0 Å². The van der Waals surface area contributed by atoms with E-state index in [1.807, 2.05) is 24.3 Å². The van der Waals surface area contributed by atoms with Crippen LogP contribution >= 0.6 is 0 Å². The van der Waals surface area contributed by atoms with Gasteiger partial charge in [-0.15, -0.1) is 0 Å². The van der Waals surface area contributed by atoms with Gasteiger partial charge >= 0.3 is 0 Å². The van der Waals surface area contributed by atoms with Gasteiger partial charge in [-0.2, -0.15) is 0 Å². The van der Waals surface area contributed by atoms with Crippen LogP contribution < -0.4 is 14.7 Å². The van der Waals surface area contributed by atoms with E-state index in [-0.39, 0.29) is 0 Å². The predicted octanol–water partition coefficient (Wildman–Crippen LogP) is 17.6. The van der Waals surface area contributed by atoms with E-state index in [1.54, 1.807) is 0 Å². The standard InChI is InChI=1S/C60H41N3O2/c1-5-19-43(20-6-1)61(44-21-7-2-8-22-44)48-39-49(62(45-23-9-3-10-24-45)46-25-11-4-12-26-46)41-50(40-48)63(56-32-18-31-55-53-28-14-16-34-58(53)65-60(55)56)47-37-35-42(36-38-47)51-29-17-30-54-52-27-13-15-33-57(52)64-59(51)54/h1-41H. The summed E-state index contributed by atoms with van der Waals surface area (Å²) >= 11 is 0. The maximum Gasteiger partial charge on any atom is 0.159 e. The van der Waals surface area contributed by atoms with Crippen LogP contribution in [0.3, 0.4) is 0 Å². The molecule has 0 fully saturated rings. The zero-order valence-electron chi connectivity index (χ0n) is 35.3.